The van der Waals surface area contributed by atoms with Gasteiger partial charge in [-0.05, 0) is 49.3 Å². The van der Waals surface area contributed by atoms with Crippen LogP contribution in [0.4, 0.5) is 9.18 Å². The second-order valence-electron chi connectivity index (χ2n) is 13.6. The van der Waals surface area contributed by atoms with E-state index in [9.17, 15) is 44.6 Å². The summed E-state index contributed by atoms with van der Waals surface area (Å²) in [6.45, 7) is 0.952. The molecule has 5 N–H and O–H groups in total. The van der Waals surface area contributed by atoms with E-state index in [-0.39, 0.29) is 38.3 Å². The fourth-order valence-corrected chi connectivity index (χ4v) is 8.26. The van der Waals surface area contributed by atoms with Crippen molar-refractivity contribution in [3.63, 3.8) is 0 Å². The van der Waals surface area contributed by atoms with Gasteiger partial charge in [-0.2, -0.15) is 0 Å². The first-order valence-corrected chi connectivity index (χ1v) is 15.8. The molecule has 9 atom stereocenters. The van der Waals surface area contributed by atoms with Crippen LogP contribution in [0.5, 0.6) is 0 Å². The minimum Gasteiger partial charge on any atom is -0.456 e. The highest BCUT2D eigenvalue weighted by molar-refractivity contribution is 5.94. The Morgan fingerprint density at radius 1 is 1.06 bits per heavy atom. The third kappa shape index (κ3) is 6.11. The summed E-state index contributed by atoms with van der Waals surface area (Å²) in [5, 5.41) is 43.7. The number of aliphatic hydroxyl groups is 3. The SMILES string of the molecule is C[C@]12C=CC(=O)CC1=CC[C@H]1[C@@H]3C[C@@H](O)[C@](O)(C(=O)COC(=O)C(N)COC(=O)OCc4ccc(CO[N+](=O)[O-])cc4)[C@@]3(C)C[C@H](O)[C@@]12F. The molecule has 0 heterocycles. The molecule has 0 aliphatic heterocycles. The quantitative estimate of drug-likeness (QED) is 0.112. The highest BCUT2D eigenvalue weighted by Gasteiger charge is 2.76. The average molecular weight is 691 g/mol. The predicted octanol–water partition coefficient (Wildman–Crippen LogP) is 1.56. The first-order chi connectivity index (χ1) is 23.0. The number of halogens is 1. The lowest BCUT2D eigenvalue weighted by Gasteiger charge is -2.61. The molecule has 0 aromatic heterocycles. The molecule has 0 radical (unpaired) electrons. The van der Waals surface area contributed by atoms with Gasteiger partial charge in [-0.25, -0.2) is 9.18 Å². The molecule has 15 nitrogen and oxygen atoms in total. The van der Waals surface area contributed by atoms with Crippen LogP contribution in [0.2, 0.25) is 0 Å². The summed E-state index contributed by atoms with van der Waals surface area (Å²) < 4.78 is 32.1. The van der Waals surface area contributed by atoms with E-state index in [1.807, 2.05) is 0 Å². The molecule has 1 unspecified atom stereocenters. The van der Waals surface area contributed by atoms with Crippen LogP contribution in [0, 0.1) is 32.8 Å². The van der Waals surface area contributed by atoms with E-state index in [4.69, 9.17) is 19.9 Å². The molecule has 0 amide bonds. The van der Waals surface area contributed by atoms with Crippen molar-refractivity contribution in [1.82, 2.24) is 0 Å². The van der Waals surface area contributed by atoms with Crippen LogP contribution in [-0.4, -0.2) is 86.8 Å². The Hall–Kier alpha value is -4.25. The van der Waals surface area contributed by atoms with Gasteiger partial charge in [0.1, 0.15) is 25.9 Å². The number of ether oxygens (including phenoxy) is 3. The molecular formula is C33H39FN2O13. The van der Waals surface area contributed by atoms with E-state index in [0.717, 1.165) is 0 Å². The zero-order valence-corrected chi connectivity index (χ0v) is 26.9. The van der Waals surface area contributed by atoms with Crippen molar-refractivity contribution in [2.24, 2.45) is 28.4 Å². The van der Waals surface area contributed by atoms with E-state index in [0.29, 0.717) is 16.7 Å². The van der Waals surface area contributed by atoms with Crippen LogP contribution in [-0.2, 0) is 46.6 Å². The standard InChI is InChI=1S/C33H39FN2O13/c1-30-10-9-21(37)11-20(30)7-8-22-23-12-25(38)33(43,31(23,2)13-26(39)32(22,30)34)27(40)17-46-28(41)24(35)16-48-29(42)47-14-18-3-5-19(6-4-18)15-49-36(44)45/h3-7,9-10,22-26,38-39,43H,8,11-17,35H2,1-2H3/t22-,23-,24?,25+,26-,30-,31-,32-,33-/m0/s1. The maximum absolute atomic E-state index is 17.3. The van der Waals surface area contributed by atoms with Gasteiger partial charge < -0.3 is 40.1 Å². The number of hydrogen-bond donors (Lipinski definition) is 4. The zero-order chi connectivity index (χ0) is 35.9. The monoisotopic (exact) mass is 690 g/mol. The summed E-state index contributed by atoms with van der Waals surface area (Å²) in [5.41, 5.74) is -0.214. The number of rotatable bonds is 11. The number of aliphatic hydroxyl groups excluding tert-OH is 2. The lowest BCUT2D eigenvalue weighted by Crippen LogP contribution is -2.69. The summed E-state index contributed by atoms with van der Waals surface area (Å²) in [6.07, 6.45) is -0.366. The smallest absolute Gasteiger partial charge is 0.456 e. The molecule has 266 valence electrons. The summed E-state index contributed by atoms with van der Waals surface area (Å²) in [6, 6.07) is 4.62. The molecule has 5 rings (SSSR count). The molecule has 2 fully saturated rings. The Balaban J connectivity index is 1.15. The Morgan fingerprint density at radius 3 is 2.37 bits per heavy atom. The number of benzene rings is 1. The first kappa shape index (κ1) is 36.0. The van der Waals surface area contributed by atoms with Crippen molar-refractivity contribution in [1.29, 1.82) is 0 Å². The molecule has 0 spiro atoms. The third-order valence-corrected chi connectivity index (χ3v) is 11.0. The fraction of sp³-hybridized carbons (Fsp3) is 0.576. The number of fused-ring (bicyclic) bond motifs is 5. The van der Waals surface area contributed by atoms with Crippen molar-refractivity contribution >= 4 is 23.7 Å². The fourth-order valence-electron chi connectivity index (χ4n) is 8.26. The lowest BCUT2D eigenvalue weighted by molar-refractivity contribution is -0.763. The molecule has 4 aliphatic carbocycles. The normalized spacial score (nSPS) is 35.2. The zero-order valence-electron chi connectivity index (χ0n) is 26.9. The van der Waals surface area contributed by atoms with Gasteiger partial charge >= 0.3 is 12.1 Å². The number of carbonyl (C=O) groups excluding carboxylic acids is 4. The van der Waals surface area contributed by atoms with Crippen LogP contribution in [0.15, 0.2) is 48.1 Å². The van der Waals surface area contributed by atoms with Gasteiger partial charge in [0.15, 0.2) is 23.7 Å². The number of allylic oxidation sites excluding steroid dienone is 4. The van der Waals surface area contributed by atoms with E-state index >= 15 is 4.39 Å². The van der Waals surface area contributed by atoms with Crippen molar-refractivity contribution in [3.8, 4) is 0 Å². The minimum absolute atomic E-state index is 0.0203. The Labute approximate surface area is 279 Å². The van der Waals surface area contributed by atoms with Gasteiger partial charge in [0.05, 0.1) is 12.2 Å². The summed E-state index contributed by atoms with van der Waals surface area (Å²) in [4.78, 5) is 64.7. The van der Waals surface area contributed by atoms with Crippen LogP contribution in [0.1, 0.15) is 50.7 Å². The van der Waals surface area contributed by atoms with E-state index in [2.05, 4.69) is 4.84 Å². The van der Waals surface area contributed by atoms with Crippen LogP contribution >= 0.6 is 0 Å². The first-order valence-electron chi connectivity index (χ1n) is 15.8. The Kier molecular flexibility index (Phi) is 9.73. The number of carbonyl (C=O) groups is 4. The highest BCUT2D eigenvalue weighted by atomic mass is 19.1. The molecule has 2 saturated carbocycles. The van der Waals surface area contributed by atoms with Crippen molar-refractivity contribution in [2.45, 2.75) is 82.3 Å². The average Bonchev–Trinajstić information content (AvgIpc) is 3.26. The van der Waals surface area contributed by atoms with E-state index in [1.54, 1.807) is 25.1 Å². The second-order valence-corrected chi connectivity index (χ2v) is 13.6. The Bertz CT molecular complexity index is 1580. The van der Waals surface area contributed by atoms with E-state index in [1.165, 1.54) is 31.2 Å². The topological polar surface area (TPSA) is 235 Å². The second kappa shape index (κ2) is 13.2. The largest absolute Gasteiger partial charge is 0.508 e. The van der Waals surface area contributed by atoms with Gasteiger partial charge in [0, 0.05) is 23.2 Å². The Morgan fingerprint density at radius 2 is 1.71 bits per heavy atom. The van der Waals surface area contributed by atoms with Crippen LogP contribution in [0.3, 0.4) is 0 Å². The number of alkyl halides is 1. The van der Waals surface area contributed by atoms with Gasteiger partial charge in [-0.1, -0.05) is 48.9 Å². The molecule has 4 aliphatic rings. The van der Waals surface area contributed by atoms with E-state index < -0.39 is 94.8 Å². The molecule has 1 aromatic rings. The summed E-state index contributed by atoms with van der Waals surface area (Å²) in [7, 11) is 0. The van der Waals surface area contributed by atoms with Crippen LogP contribution < -0.4 is 5.73 Å². The minimum atomic E-state index is -2.51. The molecule has 1 aromatic carbocycles. The number of Topliss-reactive ketones (excluding diaryl/α,β-unsaturated/α-hetero) is 1. The lowest BCUT2D eigenvalue weighted by atomic mass is 9.45. The number of ketones is 2. The van der Waals surface area contributed by atoms with Crippen LogP contribution in [0.25, 0.3) is 0 Å². The predicted molar refractivity (Wildman–Crippen MR) is 163 cm³/mol. The van der Waals surface area contributed by atoms with Gasteiger partial charge in [-0.15, -0.1) is 10.1 Å². The van der Waals surface area contributed by atoms with Crippen molar-refractivity contribution < 1.29 is 63.0 Å². The summed E-state index contributed by atoms with van der Waals surface area (Å²) >= 11 is 0. The molecule has 49 heavy (non-hydrogen) atoms. The third-order valence-electron chi connectivity index (χ3n) is 11.0. The van der Waals surface area contributed by atoms with Gasteiger partial charge in [0.25, 0.3) is 5.09 Å². The van der Waals surface area contributed by atoms with Crippen molar-refractivity contribution in [3.05, 3.63) is 69.3 Å². The van der Waals surface area contributed by atoms with Gasteiger partial charge in [0.2, 0.25) is 5.78 Å². The maximum Gasteiger partial charge on any atom is 0.508 e. The number of esters is 1. The highest BCUT2D eigenvalue weighted by Crippen LogP contribution is 2.69. The molecule has 0 saturated heterocycles. The molecular weight excluding hydrogens is 651 g/mol. The number of hydrogen-bond acceptors (Lipinski definition) is 14. The van der Waals surface area contributed by atoms with Gasteiger partial charge in [-0.3, -0.25) is 14.4 Å². The maximum atomic E-state index is 17.3. The van der Waals surface area contributed by atoms with Crippen molar-refractivity contribution in [2.75, 3.05) is 13.2 Å². The summed E-state index contributed by atoms with van der Waals surface area (Å²) in [5.74, 6) is -4.07. The number of nitrogens with two attached hydrogens (primary N) is 1. The number of nitrogens with zero attached hydrogens (tertiary/aromatic N) is 1. The molecule has 0 bridgehead atoms. The molecule has 16 heteroatoms.